The van der Waals surface area contributed by atoms with E-state index in [-0.39, 0.29) is 47.0 Å². The molecule has 2 aliphatic heterocycles. The van der Waals surface area contributed by atoms with Gasteiger partial charge in [-0.15, -0.1) is 0 Å². The van der Waals surface area contributed by atoms with Crippen molar-refractivity contribution in [1.29, 1.82) is 0 Å². The SMILES string of the molecule is NC(=O)C1CCN(c2nc3c(c(=O)[nH]2)[C@H](C(=O)Nc2ccccc2[N+](=O)[O-])CC(=O)N3)CC1. The highest BCUT2D eigenvalue weighted by atomic mass is 16.6. The molecule has 0 radical (unpaired) electrons. The third kappa shape index (κ3) is 4.37. The van der Waals surface area contributed by atoms with Crippen molar-refractivity contribution in [3.63, 3.8) is 0 Å². The number of carbonyl (C=O) groups excluding carboxylic acids is 3. The number of nitrogens with zero attached hydrogens (tertiary/aromatic N) is 3. The van der Waals surface area contributed by atoms with Crippen LogP contribution in [0.2, 0.25) is 0 Å². The first-order valence-corrected chi connectivity index (χ1v) is 10.3. The summed E-state index contributed by atoms with van der Waals surface area (Å²) >= 11 is 0. The number of piperidine rings is 1. The highest BCUT2D eigenvalue weighted by Crippen LogP contribution is 2.32. The maximum absolute atomic E-state index is 12.9. The van der Waals surface area contributed by atoms with E-state index in [1.165, 1.54) is 24.3 Å². The van der Waals surface area contributed by atoms with Crippen molar-refractivity contribution >= 4 is 40.9 Å². The zero-order chi connectivity index (χ0) is 23.7. The number of rotatable bonds is 5. The molecule has 0 spiro atoms. The van der Waals surface area contributed by atoms with Crippen molar-refractivity contribution in [2.24, 2.45) is 11.7 Å². The number of amides is 3. The van der Waals surface area contributed by atoms with Crippen LogP contribution in [0.15, 0.2) is 29.1 Å². The van der Waals surface area contributed by atoms with Crippen molar-refractivity contribution in [2.75, 3.05) is 28.6 Å². The van der Waals surface area contributed by atoms with E-state index in [1.54, 1.807) is 4.90 Å². The predicted octanol–water partition coefficient (Wildman–Crippen LogP) is 0.444. The molecule has 3 amide bonds. The molecule has 13 heteroatoms. The van der Waals surface area contributed by atoms with Crippen molar-refractivity contribution in [1.82, 2.24) is 9.97 Å². The maximum Gasteiger partial charge on any atom is 0.292 e. The second-order valence-electron chi connectivity index (χ2n) is 7.88. The van der Waals surface area contributed by atoms with Crippen molar-refractivity contribution < 1.29 is 19.3 Å². The van der Waals surface area contributed by atoms with Crippen molar-refractivity contribution in [3.05, 3.63) is 50.3 Å². The minimum Gasteiger partial charge on any atom is -0.369 e. The zero-order valence-corrected chi connectivity index (χ0v) is 17.4. The van der Waals surface area contributed by atoms with Crippen LogP contribution in [0, 0.1) is 16.0 Å². The maximum atomic E-state index is 12.9. The van der Waals surface area contributed by atoms with Crippen molar-refractivity contribution in [2.45, 2.75) is 25.2 Å². The minimum absolute atomic E-state index is 0.0264. The molecular formula is C20H21N7O6. The topological polar surface area (TPSA) is 193 Å². The molecule has 33 heavy (non-hydrogen) atoms. The molecule has 13 nitrogen and oxygen atoms in total. The van der Waals surface area contributed by atoms with E-state index in [4.69, 9.17) is 5.73 Å². The zero-order valence-electron chi connectivity index (χ0n) is 17.4. The van der Waals surface area contributed by atoms with E-state index in [0.29, 0.717) is 25.9 Å². The van der Waals surface area contributed by atoms with Crippen LogP contribution in [0.4, 0.5) is 23.1 Å². The molecule has 1 fully saturated rings. The van der Waals surface area contributed by atoms with Crippen LogP contribution in [0.5, 0.6) is 0 Å². The number of H-pyrrole nitrogens is 1. The summed E-state index contributed by atoms with van der Waals surface area (Å²) in [5.41, 5.74) is 4.37. The van der Waals surface area contributed by atoms with E-state index in [0.717, 1.165) is 0 Å². The number of fused-ring (bicyclic) bond motifs is 1. The second-order valence-corrected chi connectivity index (χ2v) is 7.88. The number of nitrogens with one attached hydrogen (secondary N) is 3. The fourth-order valence-corrected chi connectivity index (χ4v) is 4.07. The quantitative estimate of drug-likeness (QED) is 0.368. The lowest BCUT2D eigenvalue weighted by atomic mass is 9.92. The van der Waals surface area contributed by atoms with Gasteiger partial charge >= 0.3 is 0 Å². The largest absolute Gasteiger partial charge is 0.369 e. The Morgan fingerprint density at radius 2 is 1.91 bits per heavy atom. The number of hydrogen-bond donors (Lipinski definition) is 4. The van der Waals surface area contributed by atoms with Gasteiger partial charge in [-0.25, -0.2) is 0 Å². The van der Waals surface area contributed by atoms with Gasteiger partial charge in [0.25, 0.3) is 11.2 Å². The Balaban J connectivity index is 1.61. The summed E-state index contributed by atoms with van der Waals surface area (Å²) in [7, 11) is 0. The highest BCUT2D eigenvalue weighted by molar-refractivity contribution is 6.05. The lowest BCUT2D eigenvalue weighted by Crippen LogP contribution is -2.41. The third-order valence-electron chi connectivity index (χ3n) is 5.81. The number of benzene rings is 1. The number of carbonyl (C=O) groups is 3. The second kappa shape index (κ2) is 8.68. The number of anilines is 3. The van der Waals surface area contributed by atoms with E-state index >= 15 is 0 Å². The molecular weight excluding hydrogens is 434 g/mol. The highest BCUT2D eigenvalue weighted by Gasteiger charge is 2.36. The van der Waals surface area contributed by atoms with Gasteiger partial charge in [-0.1, -0.05) is 12.1 Å². The van der Waals surface area contributed by atoms with Gasteiger partial charge in [-0.2, -0.15) is 4.98 Å². The van der Waals surface area contributed by atoms with Gasteiger partial charge in [0, 0.05) is 31.5 Å². The average Bonchev–Trinajstić information content (AvgIpc) is 2.78. The van der Waals surface area contributed by atoms with E-state index < -0.39 is 28.2 Å². The molecule has 0 saturated carbocycles. The average molecular weight is 455 g/mol. The van der Waals surface area contributed by atoms with Crippen LogP contribution in [0.25, 0.3) is 0 Å². The smallest absolute Gasteiger partial charge is 0.292 e. The lowest BCUT2D eigenvalue weighted by molar-refractivity contribution is -0.383. The van der Waals surface area contributed by atoms with E-state index in [2.05, 4.69) is 20.6 Å². The van der Waals surface area contributed by atoms with E-state index in [1.807, 2.05) is 0 Å². The van der Waals surface area contributed by atoms with Crippen molar-refractivity contribution in [3.8, 4) is 0 Å². The predicted molar refractivity (Wildman–Crippen MR) is 117 cm³/mol. The minimum atomic E-state index is -1.18. The van der Waals surface area contributed by atoms with Crippen LogP contribution >= 0.6 is 0 Å². The van der Waals surface area contributed by atoms with Crippen LogP contribution in [0.1, 0.15) is 30.7 Å². The molecule has 4 rings (SSSR count). The van der Waals surface area contributed by atoms with Crippen LogP contribution in [-0.4, -0.2) is 45.7 Å². The number of para-hydroxylation sites is 2. The standard InChI is InChI=1S/C20H21N7O6/c21-16(29)10-5-7-26(8-6-10)20-24-17-15(19(31)25-20)11(9-14(28)23-17)18(30)22-12-3-1-2-4-13(12)27(32)33/h1-4,10-11H,5-9H2,(H2,21,29)(H,22,30)(H2,23,24,25,28,31)/t11-/m1/s1. The fraction of sp³-hybridized carbons (Fsp3) is 0.350. The normalized spacial score (nSPS) is 18.2. The fourth-order valence-electron chi connectivity index (χ4n) is 4.07. The summed E-state index contributed by atoms with van der Waals surface area (Å²) in [5.74, 6) is -2.88. The molecule has 1 saturated heterocycles. The molecule has 1 atom stereocenters. The Labute approximate surface area is 186 Å². The van der Waals surface area contributed by atoms with Crippen LogP contribution < -0.4 is 26.8 Å². The summed E-state index contributed by atoms with van der Waals surface area (Å²) < 4.78 is 0. The molecule has 2 aromatic rings. The summed E-state index contributed by atoms with van der Waals surface area (Å²) in [4.78, 5) is 68.8. The molecule has 0 unspecified atom stereocenters. The monoisotopic (exact) mass is 455 g/mol. The molecule has 1 aromatic carbocycles. The van der Waals surface area contributed by atoms with Gasteiger partial charge in [0.15, 0.2) is 0 Å². The number of nitro groups is 1. The first-order valence-electron chi connectivity index (χ1n) is 10.3. The Kier molecular flexibility index (Phi) is 5.77. The Hall–Kier alpha value is -4.29. The number of aromatic nitrogens is 2. The number of primary amides is 1. The summed E-state index contributed by atoms with van der Waals surface area (Å²) in [6.45, 7) is 0.871. The van der Waals surface area contributed by atoms with Gasteiger partial charge in [-0.05, 0) is 18.9 Å². The number of nitrogens with two attached hydrogens (primary N) is 1. The molecule has 172 valence electrons. The molecule has 0 aliphatic carbocycles. The Morgan fingerprint density at radius 3 is 2.58 bits per heavy atom. The van der Waals surface area contributed by atoms with Crippen LogP contribution in [0.3, 0.4) is 0 Å². The number of nitro benzene ring substituents is 1. The summed E-state index contributed by atoms with van der Waals surface area (Å²) in [5, 5.41) is 16.2. The summed E-state index contributed by atoms with van der Waals surface area (Å²) in [6.07, 6.45) is 0.695. The van der Waals surface area contributed by atoms with Gasteiger partial charge < -0.3 is 21.3 Å². The Bertz CT molecular complexity index is 1200. The first kappa shape index (κ1) is 21.9. The number of hydrogen-bond acceptors (Lipinski definition) is 8. The molecule has 0 bridgehead atoms. The third-order valence-corrected chi connectivity index (χ3v) is 5.81. The molecule has 2 aliphatic rings. The molecule has 3 heterocycles. The van der Waals surface area contributed by atoms with E-state index in [9.17, 15) is 29.3 Å². The van der Waals surface area contributed by atoms with Gasteiger partial charge in [0.1, 0.15) is 11.5 Å². The van der Waals surface area contributed by atoms with Crippen LogP contribution in [-0.2, 0) is 14.4 Å². The molecule has 1 aromatic heterocycles. The summed E-state index contributed by atoms with van der Waals surface area (Å²) in [6, 6.07) is 5.58. The van der Waals surface area contributed by atoms with Gasteiger partial charge in [-0.3, -0.25) is 34.3 Å². The van der Waals surface area contributed by atoms with Gasteiger partial charge in [0.2, 0.25) is 23.7 Å². The first-order chi connectivity index (χ1) is 15.7. The lowest BCUT2D eigenvalue weighted by Gasteiger charge is -2.32. The van der Waals surface area contributed by atoms with Gasteiger partial charge in [0.05, 0.1) is 16.4 Å². The Morgan fingerprint density at radius 1 is 1.21 bits per heavy atom. The number of aromatic amines is 1. The molecule has 5 N–H and O–H groups in total.